The van der Waals surface area contributed by atoms with E-state index in [1.54, 1.807) is 0 Å². The molecule has 8 heavy (non-hydrogen) atoms. The zero-order valence-corrected chi connectivity index (χ0v) is 8.33. The zero-order chi connectivity index (χ0) is 6.73. The van der Waals surface area contributed by atoms with Gasteiger partial charge in [0.2, 0.25) is 0 Å². The van der Waals surface area contributed by atoms with Crippen molar-refractivity contribution in [1.29, 1.82) is 0 Å². The smallest absolute Gasteiger partial charge is 0.393 e. The van der Waals surface area contributed by atoms with Gasteiger partial charge in [0.1, 0.15) is 0 Å². The summed E-state index contributed by atoms with van der Waals surface area (Å²) in [7, 11) is 0. The number of aliphatic hydroxyl groups is 2. The van der Waals surface area contributed by atoms with Gasteiger partial charge in [0, 0.05) is 1.37 Å². The molecule has 0 spiro atoms. The summed E-state index contributed by atoms with van der Waals surface area (Å²) < 4.78 is 6.98. The van der Waals surface area contributed by atoms with Crippen molar-refractivity contribution < 1.29 is 52.4 Å². The van der Waals surface area contributed by atoms with E-state index in [1.165, 1.54) is 13.8 Å². The Morgan fingerprint density at radius 1 is 1.38 bits per heavy atom. The van der Waals surface area contributed by atoms with E-state index in [2.05, 4.69) is 0 Å². The second-order valence-corrected chi connectivity index (χ2v) is 1.67. The Hall–Kier alpha value is 1.27. The first kappa shape index (κ1) is 9.27. The second kappa shape index (κ2) is 6.39. The van der Waals surface area contributed by atoms with Crippen LogP contribution in [0.4, 0.5) is 0 Å². The Morgan fingerprint density at radius 2 is 1.62 bits per heavy atom. The molecule has 0 aliphatic carbocycles. The second-order valence-electron chi connectivity index (χ2n) is 1.67. The van der Waals surface area contributed by atoms with Crippen molar-refractivity contribution in [3.8, 4) is 0 Å². The molecule has 2 unspecified atom stereocenters. The molecule has 0 aromatic rings. The third kappa shape index (κ3) is 10.3. The van der Waals surface area contributed by atoms with Gasteiger partial charge >= 0.3 is 40.8 Å². The van der Waals surface area contributed by atoms with Gasteiger partial charge in [-0.25, -0.2) is 0 Å². The summed E-state index contributed by atoms with van der Waals surface area (Å²) in [5.74, 6) is 0. The van der Waals surface area contributed by atoms with Crippen molar-refractivity contribution in [3.05, 3.63) is 0 Å². The maximum Gasteiger partial charge on any atom is 3.00 e. The van der Waals surface area contributed by atoms with Crippen molar-refractivity contribution in [3.63, 3.8) is 0 Å². The van der Waals surface area contributed by atoms with E-state index in [0.29, 0.717) is 0 Å². The predicted molar refractivity (Wildman–Crippen MR) is 28.0 cm³/mol. The van der Waals surface area contributed by atoms with Gasteiger partial charge in [-0.05, 0) is 20.2 Å². The molecule has 0 aromatic carbocycles. The Labute approximate surface area is 84.2 Å². The van der Waals surface area contributed by atoms with E-state index >= 15 is 0 Å². The first-order chi connectivity index (χ1) is 3.55. The van der Waals surface area contributed by atoms with Crippen LogP contribution in [0, 0.1) is 40.8 Å². The van der Waals surface area contributed by atoms with Gasteiger partial charge in [0.25, 0.3) is 0 Å². The Balaban J connectivity index is 0. The minimum atomic E-state index is -0.769. The molecule has 0 amide bonds. The van der Waals surface area contributed by atoms with E-state index < -0.39 is 18.6 Å². The SMILES string of the molecule is [2H]C(C(C)O)C(C)O.[Nd+3]. The Bertz CT molecular complexity index is 60.0. The standard InChI is InChI=1S/C5H12O2.Nd/c1-4(6)3-5(2)7;/h4-7H,3H2,1-2H3;/q;+3/i3D;. The number of rotatable bonds is 2. The van der Waals surface area contributed by atoms with Crippen LogP contribution >= 0.6 is 0 Å². The van der Waals surface area contributed by atoms with Gasteiger partial charge in [-0.3, -0.25) is 0 Å². The maximum atomic E-state index is 8.64. The third-order valence-electron chi connectivity index (χ3n) is 0.557. The van der Waals surface area contributed by atoms with Gasteiger partial charge in [0.15, 0.2) is 0 Å². The van der Waals surface area contributed by atoms with Crippen LogP contribution in [-0.4, -0.2) is 22.4 Å². The van der Waals surface area contributed by atoms with Crippen molar-refractivity contribution in [2.45, 2.75) is 32.5 Å². The van der Waals surface area contributed by atoms with E-state index in [0.717, 1.165) is 0 Å². The molecular weight excluding hydrogens is 236 g/mol. The average Bonchev–Trinajstić information content (AvgIpc) is 1.64. The zero-order valence-electron chi connectivity index (χ0n) is 6.13. The van der Waals surface area contributed by atoms with Crippen LogP contribution < -0.4 is 0 Å². The summed E-state index contributed by atoms with van der Waals surface area (Å²) in [5.41, 5.74) is 0. The van der Waals surface area contributed by atoms with Gasteiger partial charge in [-0.15, -0.1) is 0 Å². The molecule has 0 aliphatic heterocycles. The summed E-state index contributed by atoms with van der Waals surface area (Å²) in [6, 6.07) is 0. The van der Waals surface area contributed by atoms with Crippen LogP contribution in [0.5, 0.6) is 0 Å². The fourth-order valence-electron chi connectivity index (χ4n) is 0.403. The van der Waals surface area contributed by atoms with E-state index in [1.807, 2.05) is 0 Å². The van der Waals surface area contributed by atoms with Crippen LogP contribution in [-0.2, 0) is 0 Å². The first-order valence-electron chi connectivity index (χ1n) is 2.92. The van der Waals surface area contributed by atoms with Crippen molar-refractivity contribution in [1.82, 2.24) is 0 Å². The fraction of sp³-hybridized carbons (Fsp3) is 1.00. The molecule has 0 saturated heterocycles. The Morgan fingerprint density at radius 3 is 1.62 bits per heavy atom. The molecule has 0 aromatic heterocycles. The monoisotopic (exact) mass is 247 g/mol. The van der Waals surface area contributed by atoms with Crippen molar-refractivity contribution >= 4 is 0 Å². The minimum Gasteiger partial charge on any atom is -0.393 e. The van der Waals surface area contributed by atoms with Crippen LogP contribution in [0.2, 0.25) is 0 Å². The maximum absolute atomic E-state index is 8.64. The van der Waals surface area contributed by atoms with Crippen LogP contribution in [0.25, 0.3) is 0 Å². The minimum absolute atomic E-state index is 0. The molecule has 0 bridgehead atoms. The van der Waals surface area contributed by atoms with Crippen LogP contribution in [0.1, 0.15) is 21.6 Å². The number of aliphatic hydroxyl groups excluding tert-OH is 2. The van der Waals surface area contributed by atoms with E-state index in [-0.39, 0.29) is 40.8 Å². The summed E-state index contributed by atoms with van der Waals surface area (Å²) >= 11 is 0. The quantitative estimate of drug-likeness (QED) is 0.731. The normalized spacial score (nSPS) is 22.2. The first-order valence-corrected chi connectivity index (χ1v) is 2.34. The molecule has 3 heteroatoms. The topological polar surface area (TPSA) is 40.5 Å². The third-order valence-corrected chi connectivity index (χ3v) is 0.557. The van der Waals surface area contributed by atoms with E-state index in [9.17, 15) is 0 Å². The molecule has 2 nitrogen and oxygen atoms in total. The number of hydrogen-bond acceptors (Lipinski definition) is 2. The molecule has 2 N–H and O–H groups in total. The molecule has 0 heterocycles. The van der Waals surface area contributed by atoms with Gasteiger partial charge < -0.3 is 10.2 Å². The fourth-order valence-corrected chi connectivity index (χ4v) is 0.403. The molecule has 0 rings (SSSR count). The summed E-state index contributed by atoms with van der Waals surface area (Å²) in [6.45, 7) is 2.98. The molecule has 0 saturated carbocycles. The Kier molecular flexibility index (Phi) is 7.41. The summed E-state index contributed by atoms with van der Waals surface area (Å²) in [4.78, 5) is 0. The molecule has 0 fully saturated rings. The average molecular weight is 249 g/mol. The van der Waals surface area contributed by atoms with Crippen molar-refractivity contribution in [2.24, 2.45) is 0 Å². The van der Waals surface area contributed by atoms with E-state index in [4.69, 9.17) is 11.6 Å². The van der Waals surface area contributed by atoms with Gasteiger partial charge in [0.05, 0.1) is 12.2 Å². The molecule has 2 atom stereocenters. The number of hydrogen-bond donors (Lipinski definition) is 2. The molecule has 1 radical (unpaired) electrons. The van der Waals surface area contributed by atoms with Crippen molar-refractivity contribution in [2.75, 3.05) is 0 Å². The molecule has 0 aliphatic rings. The molecule has 45 valence electrons. The summed E-state index contributed by atoms with van der Waals surface area (Å²) in [6.07, 6.45) is -2.25. The molecular formula is C5H12NdO2+3. The summed E-state index contributed by atoms with van der Waals surface area (Å²) in [5, 5.41) is 17.3. The van der Waals surface area contributed by atoms with Gasteiger partial charge in [-0.1, -0.05) is 0 Å². The van der Waals surface area contributed by atoms with Crippen LogP contribution in [0.3, 0.4) is 0 Å². The predicted octanol–water partition coefficient (Wildman–Crippen LogP) is 0.138. The van der Waals surface area contributed by atoms with Gasteiger partial charge in [-0.2, -0.15) is 0 Å². The largest absolute Gasteiger partial charge is 3.00 e. The van der Waals surface area contributed by atoms with Crippen LogP contribution in [0.15, 0.2) is 0 Å².